The van der Waals surface area contributed by atoms with Crippen molar-refractivity contribution in [2.45, 2.75) is 63.0 Å². The van der Waals surface area contributed by atoms with Crippen LogP contribution in [0.1, 0.15) is 43.2 Å². The van der Waals surface area contributed by atoms with Crippen molar-refractivity contribution in [2.24, 2.45) is 5.92 Å². The molecule has 2 aromatic heterocycles. The maximum atomic E-state index is 16.6. The monoisotopic (exact) mass is 637 g/mol. The first-order valence-electron chi connectivity index (χ1n) is 15.0. The molecule has 44 heavy (non-hydrogen) atoms. The van der Waals surface area contributed by atoms with E-state index in [1.54, 1.807) is 0 Å². The van der Waals surface area contributed by atoms with E-state index in [0.29, 0.717) is 43.8 Å². The Bertz CT molecular complexity index is 1620. The van der Waals surface area contributed by atoms with Crippen LogP contribution >= 0.6 is 11.6 Å². The van der Waals surface area contributed by atoms with Gasteiger partial charge in [0.05, 0.1) is 27.4 Å². The number of hydrogen-bond donors (Lipinski definition) is 2. The van der Waals surface area contributed by atoms with E-state index in [-0.39, 0.29) is 39.9 Å². The van der Waals surface area contributed by atoms with Crippen molar-refractivity contribution < 1.29 is 26.7 Å². The van der Waals surface area contributed by atoms with Crippen molar-refractivity contribution in [3.63, 3.8) is 0 Å². The molecule has 4 aliphatic heterocycles. The minimum atomic E-state index is -4.85. The Kier molecular flexibility index (Phi) is 7.28. The van der Waals surface area contributed by atoms with Crippen molar-refractivity contribution in [2.75, 3.05) is 50.0 Å². The highest BCUT2D eigenvalue weighted by Gasteiger charge is 2.49. The summed E-state index contributed by atoms with van der Waals surface area (Å²) < 4.78 is 79.9. The van der Waals surface area contributed by atoms with Crippen LogP contribution < -0.4 is 20.7 Å². The van der Waals surface area contributed by atoms with Gasteiger partial charge in [-0.25, -0.2) is 13.8 Å². The van der Waals surface area contributed by atoms with E-state index in [9.17, 15) is 17.6 Å². The first-order valence-corrected chi connectivity index (χ1v) is 15.4. The predicted molar refractivity (Wildman–Crippen MR) is 157 cm³/mol. The fourth-order valence-electron chi connectivity index (χ4n) is 7.81. The summed E-state index contributed by atoms with van der Waals surface area (Å²) in [7, 11) is 0. The van der Waals surface area contributed by atoms with E-state index >= 15 is 4.39 Å². The van der Waals surface area contributed by atoms with Crippen LogP contribution in [0.25, 0.3) is 22.2 Å². The van der Waals surface area contributed by atoms with Crippen LogP contribution in [-0.2, 0) is 6.18 Å². The zero-order valence-electron chi connectivity index (χ0n) is 24.2. The van der Waals surface area contributed by atoms with Crippen molar-refractivity contribution >= 4 is 34.1 Å². The summed E-state index contributed by atoms with van der Waals surface area (Å²) in [6.45, 7) is 4.64. The van der Waals surface area contributed by atoms with Gasteiger partial charge in [0.2, 0.25) is 0 Å². The number of benzene rings is 1. The number of ether oxygens (including phenoxy) is 1. The molecule has 1 aromatic carbocycles. The first-order chi connectivity index (χ1) is 20.9. The Morgan fingerprint density at radius 2 is 1.98 bits per heavy atom. The van der Waals surface area contributed by atoms with E-state index in [1.807, 2.05) is 4.90 Å². The van der Waals surface area contributed by atoms with E-state index in [1.165, 1.54) is 13.0 Å². The summed E-state index contributed by atoms with van der Waals surface area (Å²) in [5, 5.41) is 3.50. The molecule has 0 radical (unpaired) electrons. The molecule has 6 heterocycles. The molecular formula is C30H33ClF5N7O. The maximum Gasteiger partial charge on any atom is 0.418 e. The smallest absolute Gasteiger partial charge is 0.418 e. The largest absolute Gasteiger partial charge is 0.461 e. The summed E-state index contributed by atoms with van der Waals surface area (Å²) in [6, 6.07) is 2.74. The average molecular weight is 638 g/mol. The molecule has 14 heteroatoms. The van der Waals surface area contributed by atoms with Gasteiger partial charge in [0.15, 0.2) is 5.82 Å². The molecule has 236 valence electrons. The third kappa shape index (κ3) is 5.00. The van der Waals surface area contributed by atoms with Crippen molar-refractivity contribution in [1.82, 2.24) is 25.2 Å². The number of halogens is 6. The van der Waals surface area contributed by atoms with Crippen molar-refractivity contribution in [1.29, 1.82) is 0 Å². The van der Waals surface area contributed by atoms with Crippen LogP contribution in [0.3, 0.4) is 0 Å². The molecule has 0 saturated carbocycles. The number of nitrogens with one attached hydrogen (secondary N) is 1. The van der Waals surface area contributed by atoms with E-state index in [2.05, 4.69) is 20.2 Å². The lowest BCUT2D eigenvalue weighted by Gasteiger charge is -2.36. The van der Waals surface area contributed by atoms with Gasteiger partial charge in [-0.2, -0.15) is 23.1 Å². The molecule has 7 rings (SSSR count). The lowest BCUT2D eigenvalue weighted by Crippen LogP contribution is -2.45. The maximum absolute atomic E-state index is 16.6. The Balaban J connectivity index is 1.37. The molecule has 8 nitrogen and oxygen atoms in total. The third-order valence-corrected chi connectivity index (χ3v) is 10.1. The Morgan fingerprint density at radius 1 is 1.16 bits per heavy atom. The summed E-state index contributed by atoms with van der Waals surface area (Å²) in [5.41, 5.74) is 2.50. The molecular weight excluding hydrogens is 605 g/mol. The molecule has 0 spiro atoms. The molecule has 4 aliphatic rings. The third-order valence-electron chi connectivity index (χ3n) is 9.79. The number of aryl methyl sites for hydroxylation is 1. The molecule has 0 aliphatic carbocycles. The summed E-state index contributed by atoms with van der Waals surface area (Å²) in [5.74, 6) is -0.528. The fourth-order valence-corrected chi connectivity index (χ4v) is 8.09. The van der Waals surface area contributed by atoms with Crippen molar-refractivity contribution in [3.05, 3.63) is 34.1 Å². The zero-order valence-corrected chi connectivity index (χ0v) is 24.9. The predicted octanol–water partition coefficient (Wildman–Crippen LogP) is 5.54. The lowest BCUT2D eigenvalue weighted by atomic mass is 9.93. The molecule has 0 bridgehead atoms. The molecule has 3 unspecified atom stereocenters. The number of pyridine rings is 1. The van der Waals surface area contributed by atoms with E-state index in [0.717, 1.165) is 44.8 Å². The number of nitrogens with zero attached hydrogens (tertiary/aromatic N) is 5. The molecule has 4 fully saturated rings. The minimum Gasteiger partial charge on any atom is -0.461 e. The lowest BCUT2D eigenvalue weighted by molar-refractivity contribution is -0.137. The first kappa shape index (κ1) is 29.7. The van der Waals surface area contributed by atoms with Gasteiger partial charge in [-0.05, 0) is 69.3 Å². The van der Waals surface area contributed by atoms with Crippen LogP contribution in [0.15, 0.2) is 12.1 Å². The van der Waals surface area contributed by atoms with Gasteiger partial charge < -0.3 is 20.7 Å². The number of alkyl halides is 4. The topological polar surface area (TPSA) is 92.4 Å². The summed E-state index contributed by atoms with van der Waals surface area (Å²) >= 11 is 6.59. The Labute approximate surface area is 256 Å². The van der Waals surface area contributed by atoms with Crippen LogP contribution in [0.4, 0.5) is 33.6 Å². The van der Waals surface area contributed by atoms with Gasteiger partial charge >= 0.3 is 12.2 Å². The number of aromatic nitrogens is 3. The normalized spacial score (nSPS) is 27.2. The van der Waals surface area contributed by atoms with Gasteiger partial charge in [-0.15, -0.1) is 0 Å². The second kappa shape index (κ2) is 10.8. The fraction of sp³-hybridized carbons (Fsp3) is 0.567. The summed E-state index contributed by atoms with van der Waals surface area (Å²) in [6.07, 6.45) is -2.00. The molecule has 4 saturated heterocycles. The molecule has 3 N–H and O–H groups in total. The quantitative estimate of drug-likeness (QED) is 0.353. The van der Waals surface area contributed by atoms with Crippen LogP contribution in [0, 0.1) is 18.7 Å². The minimum absolute atomic E-state index is 0.114. The highest BCUT2D eigenvalue weighted by molar-refractivity contribution is 6.34. The number of nitrogen functional groups attached to an aromatic ring is 1. The number of nitrogens with two attached hydrogens (primary N) is 1. The number of piperidine rings is 1. The van der Waals surface area contributed by atoms with E-state index < -0.39 is 40.5 Å². The zero-order chi connectivity index (χ0) is 31.0. The number of hydrogen-bond acceptors (Lipinski definition) is 8. The van der Waals surface area contributed by atoms with Crippen LogP contribution in [-0.4, -0.2) is 76.9 Å². The second-order valence-corrected chi connectivity index (χ2v) is 13.0. The highest BCUT2D eigenvalue weighted by Crippen LogP contribution is 2.45. The molecule has 3 aromatic rings. The molecule has 4 atom stereocenters. The SMILES string of the molecule is Cc1cc(N)nc(-c2c(Cl)cc3c(N4CCC5NCCC5C4)nc(OC[C@]45CCCN4CC(F)C5)nc3c2F)c1C(F)(F)F. The molecule has 0 amide bonds. The Morgan fingerprint density at radius 3 is 2.77 bits per heavy atom. The van der Waals surface area contributed by atoms with Gasteiger partial charge in [0, 0.05) is 37.5 Å². The average Bonchev–Trinajstić information content (AvgIpc) is 3.64. The van der Waals surface area contributed by atoms with Gasteiger partial charge in [-0.1, -0.05) is 11.6 Å². The number of rotatable bonds is 5. The number of anilines is 2. The standard InChI is InChI=1S/C30H33ClF5N7O/c1-15-9-21(37)39-26(23(15)30(34,35)36)22-19(31)10-18-25(24(22)33)40-28(44-14-29-5-2-7-43(29)13-17(32)11-29)41-27(18)42-8-4-20-16(12-42)3-6-38-20/h9-10,16-17,20,38H,2-8,11-14H2,1H3,(H2,37,39)/t16?,17?,20?,29-/m1/s1. The van der Waals surface area contributed by atoms with Crippen LogP contribution in [0.2, 0.25) is 5.02 Å². The van der Waals surface area contributed by atoms with Gasteiger partial charge in [-0.3, -0.25) is 4.90 Å². The highest BCUT2D eigenvalue weighted by atomic mass is 35.5. The van der Waals surface area contributed by atoms with Crippen LogP contribution in [0.5, 0.6) is 6.01 Å². The summed E-state index contributed by atoms with van der Waals surface area (Å²) in [4.78, 5) is 17.1. The van der Waals surface area contributed by atoms with Crippen molar-refractivity contribution in [3.8, 4) is 17.3 Å². The Hall–Kier alpha value is -3.03. The van der Waals surface area contributed by atoms with Gasteiger partial charge in [0.1, 0.15) is 29.9 Å². The van der Waals surface area contributed by atoms with E-state index in [4.69, 9.17) is 27.1 Å². The van der Waals surface area contributed by atoms with Gasteiger partial charge in [0.25, 0.3) is 0 Å². The number of fused-ring (bicyclic) bond motifs is 3. The second-order valence-electron chi connectivity index (χ2n) is 12.6.